The molecule has 0 spiro atoms. The van der Waals surface area contributed by atoms with E-state index in [4.69, 9.17) is 14.7 Å². The van der Waals surface area contributed by atoms with Crippen molar-refractivity contribution in [3.8, 4) is 11.1 Å². The van der Waals surface area contributed by atoms with Gasteiger partial charge in [0.25, 0.3) is 5.92 Å². The number of anilines is 2. The smallest absolute Gasteiger partial charge is 0.378 e. The molecule has 1 amide bonds. The zero-order valence-corrected chi connectivity index (χ0v) is 32.6. The highest BCUT2D eigenvalue weighted by molar-refractivity contribution is 7.92. The SMILES string of the molecule is Cn1nc(NS(C)(=O)=O)c2cccc(-c3cc4sc(N5CCOCC5)nc4nc3[C@H](Cc3cc(F)cc(F)c3)NC(=O)Cn3nc(C(F)(F)F)c4c3C(F)(F)[C@@H]3CC43)c21. The summed E-state index contributed by atoms with van der Waals surface area (Å²) in [7, 11) is -2.19. The Morgan fingerprint density at radius 1 is 1.05 bits per heavy atom. The average Bonchev–Trinajstić information content (AvgIpc) is 3.42. The summed E-state index contributed by atoms with van der Waals surface area (Å²) in [6.07, 6.45) is -4.56. The molecule has 3 atom stereocenters. The van der Waals surface area contributed by atoms with Gasteiger partial charge < -0.3 is 15.0 Å². The molecule has 4 aromatic heterocycles. The minimum Gasteiger partial charge on any atom is -0.378 e. The van der Waals surface area contributed by atoms with Crippen LogP contribution in [-0.4, -0.2) is 76.4 Å². The Balaban J connectivity index is 1.20. The van der Waals surface area contributed by atoms with Gasteiger partial charge in [-0.2, -0.15) is 37.1 Å². The predicted molar refractivity (Wildman–Crippen MR) is 202 cm³/mol. The maximum Gasteiger partial charge on any atom is 0.435 e. The van der Waals surface area contributed by atoms with Gasteiger partial charge in [0.05, 0.1) is 41.4 Å². The highest BCUT2D eigenvalue weighted by Crippen LogP contribution is 2.68. The molecule has 6 aromatic rings. The lowest BCUT2D eigenvalue weighted by atomic mass is 9.94. The van der Waals surface area contributed by atoms with Gasteiger partial charge >= 0.3 is 6.18 Å². The van der Waals surface area contributed by atoms with Crippen LogP contribution < -0.4 is 14.9 Å². The van der Waals surface area contributed by atoms with E-state index in [1.165, 1.54) is 16.0 Å². The number of nitrogens with one attached hydrogen (secondary N) is 2. The number of carbonyl (C=O) groups excluding carboxylic acids is 1. The molecular weight excluding hydrogens is 832 g/mol. The first-order valence-electron chi connectivity index (χ1n) is 18.2. The topological polar surface area (TPSA) is 149 Å². The van der Waals surface area contributed by atoms with Gasteiger partial charge in [0.2, 0.25) is 15.9 Å². The number of fused-ring (bicyclic) bond motifs is 5. The van der Waals surface area contributed by atoms with Crippen molar-refractivity contribution in [1.29, 1.82) is 0 Å². The number of carbonyl (C=O) groups is 1. The largest absolute Gasteiger partial charge is 0.435 e. The van der Waals surface area contributed by atoms with Crippen molar-refractivity contribution in [3.63, 3.8) is 0 Å². The molecule has 3 aliphatic rings. The van der Waals surface area contributed by atoms with Crippen LogP contribution in [0.15, 0.2) is 42.5 Å². The number of aryl methyl sites for hydroxylation is 1. The first-order valence-corrected chi connectivity index (χ1v) is 20.9. The van der Waals surface area contributed by atoms with E-state index in [1.54, 1.807) is 31.3 Å². The molecular formula is C37H32F7N9O4S2. The van der Waals surface area contributed by atoms with Crippen molar-refractivity contribution in [3.05, 3.63) is 82.3 Å². The van der Waals surface area contributed by atoms with Crippen LogP contribution in [0, 0.1) is 17.6 Å². The highest BCUT2D eigenvalue weighted by atomic mass is 32.2. The lowest BCUT2D eigenvalue weighted by Crippen LogP contribution is -2.36. The number of benzene rings is 2. The molecule has 0 bridgehead atoms. The third kappa shape index (κ3) is 7.13. The standard InChI is InChI=1S/C37H32F7N9O4S2/c1-51-30-20(4-3-5-21(30)33(49-51)50-59(2,55)56)22-15-26-34(47-35(58-26)52-6-8-57-9-7-52)46-29(22)25(12-17-10-18(38)13-19(39)11-17)45-27(54)16-53-32-28(31(48-53)37(42,43)44)23-14-24(23)36(32,40)41/h3-5,10-11,13,15,23-25H,6-9,12,14,16H2,1-2H3,(H,45,54)(H,49,50)/t23?,24-,25+/m1/s1. The number of ether oxygens (including phenoxy) is 1. The minimum absolute atomic E-state index is 0.0225. The molecule has 22 heteroatoms. The zero-order valence-electron chi connectivity index (χ0n) is 30.9. The average molecular weight is 864 g/mol. The van der Waals surface area contributed by atoms with Crippen molar-refractivity contribution in [2.75, 3.05) is 42.2 Å². The van der Waals surface area contributed by atoms with E-state index < -0.39 is 81.0 Å². The zero-order chi connectivity index (χ0) is 41.8. The number of rotatable bonds is 10. The number of aromatic nitrogens is 6. The molecule has 2 fully saturated rings. The van der Waals surface area contributed by atoms with Crippen LogP contribution in [0.1, 0.15) is 46.6 Å². The van der Waals surface area contributed by atoms with E-state index in [-0.39, 0.29) is 35.6 Å². The number of morpholine rings is 1. The first kappa shape index (κ1) is 39.1. The summed E-state index contributed by atoms with van der Waals surface area (Å²) in [4.78, 5) is 25.7. The summed E-state index contributed by atoms with van der Waals surface area (Å²) in [6.45, 7) is 0.959. The fraction of sp³-hybridized carbons (Fsp3) is 0.378. The second-order valence-electron chi connectivity index (χ2n) is 14.8. The normalized spacial score (nSPS) is 19.2. The van der Waals surface area contributed by atoms with Crippen LogP contribution in [0.2, 0.25) is 0 Å². The van der Waals surface area contributed by atoms with Crippen LogP contribution in [-0.2, 0) is 51.7 Å². The summed E-state index contributed by atoms with van der Waals surface area (Å²) in [5.74, 6) is -8.91. The Morgan fingerprint density at radius 3 is 2.47 bits per heavy atom. The lowest BCUT2D eigenvalue weighted by molar-refractivity contribution is -0.142. The Morgan fingerprint density at radius 2 is 1.78 bits per heavy atom. The Kier molecular flexibility index (Phi) is 9.20. The Hall–Kier alpha value is -5.35. The molecule has 310 valence electrons. The van der Waals surface area contributed by atoms with Gasteiger partial charge in [-0.15, -0.1) is 0 Å². The van der Waals surface area contributed by atoms with Crippen molar-refractivity contribution < 1.29 is 48.7 Å². The molecule has 1 saturated heterocycles. The molecule has 1 saturated carbocycles. The molecule has 2 aliphatic carbocycles. The van der Waals surface area contributed by atoms with Crippen molar-refractivity contribution in [2.24, 2.45) is 13.0 Å². The number of hydrogen-bond acceptors (Lipinski definition) is 10. The summed E-state index contributed by atoms with van der Waals surface area (Å²) in [5.41, 5.74) is -1.47. The van der Waals surface area contributed by atoms with Gasteiger partial charge in [0, 0.05) is 54.2 Å². The fourth-order valence-electron chi connectivity index (χ4n) is 8.19. The van der Waals surface area contributed by atoms with Crippen molar-refractivity contribution in [1.82, 2.24) is 34.8 Å². The maximum absolute atomic E-state index is 15.5. The van der Waals surface area contributed by atoms with Crippen LogP contribution in [0.5, 0.6) is 0 Å². The second kappa shape index (κ2) is 13.9. The number of para-hydroxylation sites is 1. The molecule has 1 aliphatic heterocycles. The third-order valence-electron chi connectivity index (χ3n) is 10.6. The van der Waals surface area contributed by atoms with Gasteiger partial charge in [-0.3, -0.25) is 18.9 Å². The summed E-state index contributed by atoms with van der Waals surface area (Å²) in [6, 6.07) is 8.14. The fourth-order valence-corrected chi connectivity index (χ4v) is 9.69. The minimum atomic E-state index is -5.06. The summed E-state index contributed by atoms with van der Waals surface area (Å²) in [5, 5.41) is 11.6. The summed E-state index contributed by atoms with van der Waals surface area (Å²) < 4.78 is 137. The van der Waals surface area contributed by atoms with E-state index in [9.17, 15) is 35.2 Å². The van der Waals surface area contributed by atoms with Crippen LogP contribution in [0.3, 0.4) is 0 Å². The van der Waals surface area contributed by atoms with Gasteiger partial charge in [-0.05, 0) is 48.6 Å². The molecule has 1 unspecified atom stereocenters. The van der Waals surface area contributed by atoms with Gasteiger partial charge in [0.1, 0.15) is 23.9 Å². The predicted octanol–water partition coefficient (Wildman–Crippen LogP) is 6.26. The third-order valence-corrected chi connectivity index (χ3v) is 12.3. The maximum atomic E-state index is 15.5. The van der Waals surface area contributed by atoms with E-state index in [1.807, 2.05) is 4.90 Å². The molecule has 5 heterocycles. The Bertz CT molecular complexity index is 2780. The van der Waals surface area contributed by atoms with Crippen LogP contribution in [0.25, 0.3) is 32.4 Å². The van der Waals surface area contributed by atoms with Crippen LogP contribution >= 0.6 is 11.3 Å². The lowest BCUT2D eigenvalue weighted by Gasteiger charge is -2.25. The number of halogens is 7. The van der Waals surface area contributed by atoms with Crippen molar-refractivity contribution >= 4 is 59.5 Å². The van der Waals surface area contributed by atoms with Gasteiger partial charge in [0.15, 0.2) is 22.3 Å². The molecule has 13 nitrogen and oxygen atoms in total. The molecule has 2 N–H and O–H groups in total. The second-order valence-corrected chi connectivity index (χ2v) is 17.6. The Labute approximate surface area is 334 Å². The molecule has 59 heavy (non-hydrogen) atoms. The van der Waals surface area contributed by atoms with E-state index in [2.05, 4.69) is 20.2 Å². The number of thiazole rings is 1. The number of nitrogens with zero attached hydrogens (tertiary/aromatic N) is 7. The quantitative estimate of drug-likeness (QED) is 0.152. The first-order chi connectivity index (χ1) is 27.9. The van der Waals surface area contributed by atoms with Gasteiger partial charge in [-0.1, -0.05) is 23.5 Å². The number of sulfonamides is 1. The monoisotopic (exact) mass is 863 g/mol. The molecule has 0 radical (unpaired) electrons. The van der Waals surface area contributed by atoms with E-state index in [0.29, 0.717) is 68.9 Å². The number of hydrogen-bond donors (Lipinski definition) is 2. The molecule has 9 rings (SSSR count). The van der Waals surface area contributed by atoms with Gasteiger partial charge in [-0.25, -0.2) is 22.2 Å². The van der Waals surface area contributed by atoms with Crippen molar-refractivity contribution in [2.45, 2.75) is 43.4 Å². The molecule has 2 aromatic carbocycles. The number of alkyl halides is 5. The van der Waals surface area contributed by atoms with E-state index in [0.717, 1.165) is 18.4 Å². The van der Waals surface area contributed by atoms with Crippen LogP contribution in [0.4, 0.5) is 41.7 Å². The van der Waals surface area contributed by atoms with E-state index >= 15 is 8.78 Å². The number of amides is 1. The summed E-state index contributed by atoms with van der Waals surface area (Å²) >= 11 is 1.32. The highest BCUT2D eigenvalue weighted by Gasteiger charge is 2.68. The number of pyridine rings is 1.